The average molecular weight is 321 g/mol. The quantitative estimate of drug-likeness (QED) is 0.897. The van der Waals surface area contributed by atoms with Gasteiger partial charge in [-0.25, -0.2) is 9.97 Å². The maximum atomic E-state index is 4.55. The highest BCUT2D eigenvalue weighted by molar-refractivity contribution is 9.10. The van der Waals surface area contributed by atoms with Gasteiger partial charge in [0.2, 0.25) is 0 Å². The number of benzene rings is 1. The molecule has 1 heterocycles. The van der Waals surface area contributed by atoms with Crippen LogP contribution in [0.3, 0.4) is 0 Å². The van der Waals surface area contributed by atoms with Gasteiger partial charge < -0.3 is 10.6 Å². The van der Waals surface area contributed by atoms with Crippen LogP contribution < -0.4 is 10.6 Å². The molecule has 0 aliphatic heterocycles. The molecule has 0 aliphatic carbocycles. The molecule has 0 unspecified atom stereocenters. The van der Waals surface area contributed by atoms with Crippen molar-refractivity contribution in [3.8, 4) is 0 Å². The first-order chi connectivity index (χ1) is 9.13. The third-order valence-corrected chi connectivity index (χ3v) is 3.33. The zero-order chi connectivity index (χ0) is 13.8. The van der Waals surface area contributed by atoms with Crippen molar-refractivity contribution in [2.75, 3.05) is 17.7 Å². The number of hydrogen-bond acceptors (Lipinski definition) is 4. The first-order valence-corrected chi connectivity index (χ1v) is 7.01. The van der Waals surface area contributed by atoms with E-state index in [4.69, 9.17) is 0 Å². The van der Waals surface area contributed by atoms with E-state index in [1.807, 2.05) is 45.2 Å². The van der Waals surface area contributed by atoms with Crippen molar-refractivity contribution in [3.05, 3.63) is 40.1 Å². The normalized spacial score (nSPS) is 10.3. The van der Waals surface area contributed by atoms with E-state index in [2.05, 4.69) is 36.5 Å². The van der Waals surface area contributed by atoms with Gasteiger partial charge in [0.25, 0.3) is 0 Å². The van der Waals surface area contributed by atoms with Crippen LogP contribution in [0.2, 0.25) is 0 Å². The molecular weight excluding hydrogens is 304 g/mol. The number of nitrogens with zero attached hydrogens (tertiary/aromatic N) is 2. The molecule has 0 saturated heterocycles. The van der Waals surface area contributed by atoms with E-state index in [0.29, 0.717) is 0 Å². The average Bonchev–Trinajstić information content (AvgIpc) is 2.41. The van der Waals surface area contributed by atoms with Crippen LogP contribution in [-0.4, -0.2) is 17.0 Å². The SMILES string of the molecule is CCc1nc(NC)c(C)c(Nc2cccc(Br)c2)n1. The number of anilines is 3. The van der Waals surface area contributed by atoms with E-state index in [1.54, 1.807) is 0 Å². The number of nitrogens with one attached hydrogen (secondary N) is 2. The summed E-state index contributed by atoms with van der Waals surface area (Å²) in [5.74, 6) is 2.53. The van der Waals surface area contributed by atoms with Gasteiger partial charge in [0.1, 0.15) is 17.5 Å². The number of aryl methyl sites for hydroxylation is 1. The summed E-state index contributed by atoms with van der Waals surface area (Å²) in [6, 6.07) is 8.01. The fourth-order valence-corrected chi connectivity index (χ4v) is 2.19. The van der Waals surface area contributed by atoms with Gasteiger partial charge in [-0.2, -0.15) is 0 Å². The predicted octanol–water partition coefficient (Wildman–Crippen LogP) is 3.90. The minimum Gasteiger partial charge on any atom is -0.373 e. The van der Waals surface area contributed by atoms with Crippen LogP contribution in [0.25, 0.3) is 0 Å². The number of rotatable bonds is 4. The molecule has 0 saturated carbocycles. The second kappa shape index (κ2) is 6.02. The highest BCUT2D eigenvalue weighted by Crippen LogP contribution is 2.25. The fourth-order valence-electron chi connectivity index (χ4n) is 1.79. The maximum Gasteiger partial charge on any atom is 0.139 e. The van der Waals surface area contributed by atoms with E-state index in [1.165, 1.54) is 0 Å². The molecule has 2 rings (SSSR count). The molecule has 0 bridgehead atoms. The minimum absolute atomic E-state index is 0.808. The molecule has 0 radical (unpaired) electrons. The molecule has 0 atom stereocenters. The van der Waals surface area contributed by atoms with E-state index >= 15 is 0 Å². The van der Waals surface area contributed by atoms with Crippen molar-refractivity contribution in [2.24, 2.45) is 0 Å². The minimum atomic E-state index is 0.808. The first-order valence-electron chi connectivity index (χ1n) is 6.22. The molecule has 0 amide bonds. The topological polar surface area (TPSA) is 49.8 Å². The van der Waals surface area contributed by atoms with Crippen molar-refractivity contribution < 1.29 is 0 Å². The van der Waals surface area contributed by atoms with E-state index < -0.39 is 0 Å². The summed E-state index contributed by atoms with van der Waals surface area (Å²) in [5, 5.41) is 6.45. The fraction of sp³-hybridized carbons (Fsp3) is 0.286. The van der Waals surface area contributed by atoms with E-state index in [9.17, 15) is 0 Å². The summed E-state index contributed by atoms with van der Waals surface area (Å²) in [6.45, 7) is 4.05. The maximum absolute atomic E-state index is 4.55. The van der Waals surface area contributed by atoms with Gasteiger partial charge in [-0.05, 0) is 25.1 Å². The lowest BCUT2D eigenvalue weighted by Crippen LogP contribution is -2.06. The second-order valence-corrected chi connectivity index (χ2v) is 5.12. The third-order valence-electron chi connectivity index (χ3n) is 2.83. The Morgan fingerprint density at radius 3 is 2.58 bits per heavy atom. The highest BCUT2D eigenvalue weighted by atomic mass is 79.9. The number of hydrogen-bond donors (Lipinski definition) is 2. The van der Waals surface area contributed by atoms with Gasteiger partial charge in [-0.3, -0.25) is 0 Å². The third kappa shape index (κ3) is 3.23. The first kappa shape index (κ1) is 13.8. The van der Waals surface area contributed by atoms with Crippen molar-refractivity contribution in [3.63, 3.8) is 0 Å². The van der Waals surface area contributed by atoms with Gasteiger partial charge in [0, 0.05) is 29.2 Å². The molecular formula is C14H17BrN4. The number of halogens is 1. The van der Waals surface area contributed by atoms with E-state index in [0.717, 1.165) is 39.6 Å². The Morgan fingerprint density at radius 1 is 1.21 bits per heavy atom. The van der Waals surface area contributed by atoms with Crippen molar-refractivity contribution in [1.29, 1.82) is 0 Å². The molecule has 2 aromatic rings. The van der Waals surface area contributed by atoms with Crippen LogP contribution in [0.5, 0.6) is 0 Å². The zero-order valence-corrected chi connectivity index (χ0v) is 12.9. The largest absolute Gasteiger partial charge is 0.373 e. The summed E-state index contributed by atoms with van der Waals surface area (Å²) in [4.78, 5) is 9.00. The van der Waals surface area contributed by atoms with Gasteiger partial charge in [0.05, 0.1) is 0 Å². The van der Waals surface area contributed by atoms with Gasteiger partial charge >= 0.3 is 0 Å². The molecule has 100 valence electrons. The highest BCUT2D eigenvalue weighted by Gasteiger charge is 2.09. The molecule has 1 aromatic heterocycles. The molecule has 5 heteroatoms. The predicted molar refractivity (Wildman–Crippen MR) is 83.1 cm³/mol. The van der Waals surface area contributed by atoms with Crippen molar-refractivity contribution >= 4 is 33.3 Å². The van der Waals surface area contributed by atoms with Gasteiger partial charge in [0.15, 0.2) is 0 Å². The summed E-state index contributed by atoms with van der Waals surface area (Å²) < 4.78 is 1.04. The summed E-state index contributed by atoms with van der Waals surface area (Å²) in [6.07, 6.45) is 0.808. The van der Waals surface area contributed by atoms with Crippen LogP contribution in [0.1, 0.15) is 18.3 Å². The molecule has 0 aliphatic rings. The number of aromatic nitrogens is 2. The lowest BCUT2D eigenvalue weighted by Gasteiger charge is -2.13. The van der Waals surface area contributed by atoms with Crippen LogP contribution >= 0.6 is 15.9 Å². The Kier molecular flexibility index (Phi) is 4.37. The van der Waals surface area contributed by atoms with Crippen LogP contribution in [0.15, 0.2) is 28.7 Å². The summed E-state index contributed by atoms with van der Waals surface area (Å²) >= 11 is 3.47. The summed E-state index contributed by atoms with van der Waals surface area (Å²) in [5.41, 5.74) is 2.01. The zero-order valence-electron chi connectivity index (χ0n) is 11.3. The Morgan fingerprint density at radius 2 is 1.95 bits per heavy atom. The summed E-state index contributed by atoms with van der Waals surface area (Å²) in [7, 11) is 1.87. The monoisotopic (exact) mass is 320 g/mol. The van der Waals surface area contributed by atoms with Crippen molar-refractivity contribution in [2.45, 2.75) is 20.3 Å². The lowest BCUT2D eigenvalue weighted by atomic mass is 10.2. The molecule has 0 fully saturated rings. The van der Waals surface area contributed by atoms with Crippen molar-refractivity contribution in [1.82, 2.24) is 9.97 Å². The van der Waals surface area contributed by atoms with Gasteiger partial charge in [-0.15, -0.1) is 0 Å². The Balaban J connectivity index is 2.38. The Bertz CT molecular complexity index is 584. The van der Waals surface area contributed by atoms with E-state index in [-0.39, 0.29) is 0 Å². The molecule has 0 spiro atoms. The molecule has 4 nitrogen and oxygen atoms in total. The van der Waals surface area contributed by atoms with Crippen LogP contribution in [0, 0.1) is 6.92 Å². The molecule has 19 heavy (non-hydrogen) atoms. The Hall–Kier alpha value is -1.62. The smallest absolute Gasteiger partial charge is 0.139 e. The molecule has 1 aromatic carbocycles. The van der Waals surface area contributed by atoms with Crippen LogP contribution in [-0.2, 0) is 6.42 Å². The second-order valence-electron chi connectivity index (χ2n) is 4.20. The lowest BCUT2D eigenvalue weighted by molar-refractivity contribution is 0.935. The molecule has 2 N–H and O–H groups in total. The Labute approximate surface area is 121 Å². The standard InChI is InChI=1S/C14H17BrN4/c1-4-12-18-13(16-3)9(2)14(19-12)17-11-7-5-6-10(15)8-11/h5-8H,4H2,1-3H3,(H2,16,17,18,19). The van der Waals surface area contributed by atoms with Crippen LogP contribution in [0.4, 0.5) is 17.3 Å². The van der Waals surface area contributed by atoms with Gasteiger partial charge in [-0.1, -0.05) is 28.9 Å².